The maximum Gasteiger partial charge on any atom is 0.357 e. The largest absolute Gasteiger partial charge is 0.464 e. The van der Waals surface area contributed by atoms with Gasteiger partial charge in [0.1, 0.15) is 0 Å². The molecular weight excluding hydrogens is 394 g/mol. The number of esters is 1. The molecule has 8 heteroatoms. The number of amides is 1. The van der Waals surface area contributed by atoms with E-state index >= 15 is 0 Å². The van der Waals surface area contributed by atoms with Gasteiger partial charge >= 0.3 is 5.97 Å². The molecule has 3 rings (SSSR count). The molecule has 28 heavy (non-hydrogen) atoms. The van der Waals surface area contributed by atoms with Crippen LogP contribution in [0, 0.1) is 5.92 Å². The summed E-state index contributed by atoms with van der Waals surface area (Å²) in [5.74, 6) is -0.258. The number of rotatable bonds is 8. The first-order valence-electron chi connectivity index (χ1n) is 9.00. The van der Waals surface area contributed by atoms with E-state index in [2.05, 4.69) is 29.5 Å². The van der Waals surface area contributed by atoms with E-state index in [1.54, 1.807) is 11.3 Å². The quantitative estimate of drug-likeness (QED) is 0.543. The fraction of sp³-hybridized carbons (Fsp3) is 0.350. The second-order valence-corrected chi connectivity index (χ2v) is 8.70. The minimum atomic E-state index is -0.476. The van der Waals surface area contributed by atoms with Gasteiger partial charge in [-0.1, -0.05) is 13.8 Å². The van der Waals surface area contributed by atoms with Gasteiger partial charge in [0.2, 0.25) is 5.91 Å². The monoisotopic (exact) mass is 417 g/mol. The topological polar surface area (TPSA) is 73.2 Å². The van der Waals surface area contributed by atoms with Crippen LogP contribution in [0.2, 0.25) is 0 Å². The minimum Gasteiger partial charge on any atom is -0.464 e. The first-order valence-corrected chi connectivity index (χ1v) is 10.8. The van der Waals surface area contributed by atoms with Crippen molar-refractivity contribution in [3.8, 4) is 0 Å². The third-order valence-electron chi connectivity index (χ3n) is 4.21. The number of methoxy groups -OCH3 is 1. The van der Waals surface area contributed by atoms with E-state index in [1.165, 1.54) is 18.4 Å². The third-order valence-corrected chi connectivity index (χ3v) is 5.90. The molecule has 3 heterocycles. The number of anilines is 1. The van der Waals surface area contributed by atoms with Gasteiger partial charge in [0.15, 0.2) is 10.8 Å². The summed E-state index contributed by atoms with van der Waals surface area (Å²) < 4.78 is 6.85. The van der Waals surface area contributed by atoms with Crippen LogP contribution in [0.15, 0.2) is 41.4 Å². The van der Waals surface area contributed by atoms with Gasteiger partial charge in [0.25, 0.3) is 0 Å². The van der Waals surface area contributed by atoms with E-state index in [0.717, 1.165) is 10.4 Å². The summed E-state index contributed by atoms with van der Waals surface area (Å²) in [4.78, 5) is 29.9. The van der Waals surface area contributed by atoms with Crippen LogP contribution >= 0.6 is 22.7 Å². The molecule has 0 aliphatic heterocycles. The van der Waals surface area contributed by atoms with Crippen LogP contribution in [0.4, 0.5) is 5.13 Å². The smallest absolute Gasteiger partial charge is 0.357 e. The van der Waals surface area contributed by atoms with Crippen LogP contribution in [0.1, 0.15) is 47.2 Å². The van der Waals surface area contributed by atoms with Crippen LogP contribution < -0.4 is 5.32 Å². The molecule has 1 unspecified atom stereocenters. The number of thiazole rings is 1. The number of thiophene rings is 1. The lowest BCUT2D eigenvalue weighted by atomic mass is 10.1. The number of nitrogens with one attached hydrogen (secondary N) is 1. The highest BCUT2D eigenvalue weighted by Gasteiger charge is 2.22. The third kappa shape index (κ3) is 4.88. The summed E-state index contributed by atoms with van der Waals surface area (Å²) in [5.41, 5.74) is 1.38. The van der Waals surface area contributed by atoms with Gasteiger partial charge in [-0.3, -0.25) is 4.79 Å². The zero-order chi connectivity index (χ0) is 20.1. The predicted octanol–water partition coefficient (Wildman–Crippen LogP) is 4.61. The van der Waals surface area contributed by atoms with E-state index < -0.39 is 5.97 Å². The number of hydrogen-bond acceptors (Lipinski definition) is 6. The Morgan fingerprint density at radius 2 is 2.04 bits per heavy atom. The summed E-state index contributed by atoms with van der Waals surface area (Å²) in [7, 11) is 1.33. The Hall–Kier alpha value is -2.45. The molecule has 3 aromatic heterocycles. The van der Waals surface area contributed by atoms with Crippen molar-refractivity contribution in [1.29, 1.82) is 0 Å². The number of aromatic nitrogens is 2. The average molecular weight is 418 g/mol. The standard InChI is InChI=1S/C20H23N3O3S2/c1-13(2)10-16-18(19(25)26-3)22-20(28-16)21-17(24)11-15(14-6-9-27-12-14)23-7-4-5-8-23/h4-9,12-13,15H,10-11H2,1-3H3,(H,21,22,24). The highest BCUT2D eigenvalue weighted by molar-refractivity contribution is 7.16. The second-order valence-electron chi connectivity index (χ2n) is 6.84. The second kappa shape index (κ2) is 9.16. The lowest BCUT2D eigenvalue weighted by Gasteiger charge is -2.17. The summed E-state index contributed by atoms with van der Waals surface area (Å²) in [6.45, 7) is 4.14. The molecule has 148 valence electrons. The highest BCUT2D eigenvalue weighted by Crippen LogP contribution is 2.28. The Morgan fingerprint density at radius 1 is 1.29 bits per heavy atom. The molecule has 0 aliphatic rings. The minimum absolute atomic E-state index is 0.0866. The van der Waals surface area contributed by atoms with Gasteiger partial charge in [-0.2, -0.15) is 11.3 Å². The summed E-state index contributed by atoms with van der Waals surface area (Å²) in [6, 6.07) is 5.83. The SMILES string of the molecule is COC(=O)c1nc(NC(=O)CC(c2ccsc2)n2cccc2)sc1CC(C)C. The maximum absolute atomic E-state index is 12.7. The fourth-order valence-electron chi connectivity index (χ4n) is 2.93. The van der Waals surface area contributed by atoms with Crippen LogP contribution in [-0.2, 0) is 16.0 Å². The van der Waals surface area contributed by atoms with Gasteiger partial charge in [-0.25, -0.2) is 9.78 Å². The first kappa shape index (κ1) is 20.3. The summed E-state index contributed by atoms with van der Waals surface area (Å²) >= 11 is 2.94. The van der Waals surface area contributed by atoms with Gasteiger partial charge in [-0.05, 0) is 46.9 Å². The molecule has 1 amide bonds. The number of carbonyl (C=O) groups excluding carboxylic acids is 2. The lowest BCUT2D eigenvalue weighted by molar-refractivity contribution is -0.116. The molecule has 0 saturated heterocycles. The van der Waals surface area contributed by atoms with Crippen LogP contribution in [0.5, 0.6) is 0 Å². The van der Waals surface area contributed by atoms with Crippen molar-refractivity contribution in [2.45, 2.75) is 32.7 Å². The Labute approximate surface area is 172 Å². The van der Waals surface area contributed by atoms with Crippen molar-refractivity contribution in [1.82, 2.24) is 9.55 Å². The van der Waals surface area contributed by atoms with E-state index in [1.807, 2.05) is 40.5 Å². The molecule has 3 aromatic rings. The van der Waals surface area contributed by atoms with Crippen molar-refractivity contribution >= 4 is 39.7 Å². The Kier molecular flexibility index (Phi) is 6.64. The maximum atomic E-state index is 12.7. The molecule has 0 spiro atoms. The Balaban J connectivity index is 1.76. The molecule has 0 radical (unpaired) electrons. The lowest BCUT2D eigenvalue weighted by Crippen LogP contribution is -2.19. The molecule has 0 bridgehead atoms. The van der Waals surface area contributed by atoms with E-state index in [9.17, 15) is 9.59 Å². The van der Waals surface area contributed by atoms with Gasteiger partial charge in [-0.15, -0.1) is 11.3 Å². The summed E-state index contributed by atoms with van der Waals surface area (Å²) in [5, 5.41) is 7.35. The number of nitrogens with zero attached hydrogens (tertiary/aromatic N) is 2. The van der Waals surface area contributed by atoms with Crippen molar-refractivity contribution in [2.24, 2.45) is 5.92 Å². The predicted molar refractivity (Wildman–Crippen MR) is 112 cm³/mol. The average Bonchev–Trinajstić information content (AvgIpc) is 3.40. The molecule has 1 atom stereocenters. The van der Waals surface area contributed by atoms with Gasteiger partial charge in [0, 0.05) is 17.3 Å². The van der Waals surface area contributed by atoms with Gasteiger partial charge in [0.05, 0.1) is 19.6 Å². The van der Waals surface area contributed by atoms with Crippen molar-refractivity contribution in [2.75, 3.05) is 12.4 Å². The van der Waals surface area contributed by atoms with Crippen LogP contribution in [-0.4, -0.2) is 28.5 Å². The van der Waals surface area contributed by atoms with E-state index in [0.29, 0.717) is 17.5 Å². The number of ether oxygens (including phenoxy) is 1. The first-order chi connectivity index (χ1) is 13.5. The molecule has 0 aliphatic carbocycles. The number of hydrogen-bond donors (Lipinski definition) is 1. The zero-order valence-corrected chi connectivity index (χ0v) is 17.7. The molecule has 1 N–H and O–H groups in total. The van der Waals surface area contributed by atoms with Crippen LogP contribution in [0.3, 0.4) is 0 Å². The Bertz CT molecular complexity index is 881. The fourth-order valence-corrected chi connectivity index (χ4v) is 4.82. The molecule has 0 aromatic carbocycles. The normalized spacial score (nSPS) is 12.1. The summed E-state index contributed by atoms with van der Waals surface area (Å²) in [6.07, 6.45) is 4.89. The van der Waals surface area contributed by atoms with Crippen molar-refractivity contribution in [3.63, 3.8) is 0 Å². The van der Waals surface area contributed by atoms with Crippen molar-refractivity contribution in [3.05, 3.63) is 57.5 Å². The highest BCUT2D eigenvalue weighted by atomic mass is 32.1. The van der Waals surface area contributed by atoms with E-state index in [-0.39, 0.29) is 24.1 Å². The van der Waals surface area contributed by atoms with Crippen molar-refractivity contribution < 1.29 is 14.3 Å². The molecule has 0 fully saturated rings. The molecular formula is C20H23N3O3S2. The number of carbonyl (C=O) groups is 2. The molecule has 0 saturated carbocycles. The van der Waals surface area contributed by atoms with Crippen LogP contribution in [0.25, 0.3) is 0 Å². The van der Waals surface area contributed by atoms with E-state index in [4.69, 9.17) is 4.74 Å². The Morgan fingerprint density at radius 3 is 2.64 bits per heavy atom. The zero-order valence-electron chi connectivity index (χ0n) is 16.0. The van der Waals surface area contributed by atoms with Gasteiger partial charge < -0.3 is 14.6 Å². The molecule has 6 nitrogen and oxygen atoms in total.